The molecule has 41 heavy (non-hydrogen) atoms. The number of methoxy groups -OCH3 is 1. The van der Waals surface area contributed by atoms with Crippen molar-refractivity contribution in [2.24, 2.45) is 0 Å². The lowest BCUT2D eigenvalue weighted by molar-refractivity contribution is -0.385. The van der Waals surface area contributed by atoms with Gasteiger partial charge in [0, 0.05) is 52.7 Å². The Bertz CT molecular complexity index is 1610. The van der Waals surface area contributed by atoms with E-state index in [-0.39, 0.29) is 29.7 Å². The molecule has 1 aromatic heterocycles. The van der Waals surface area contributed by atoms with E-state index in [9.17, 15) is 19.7 Å². The number of allylic oxidation sites excluding steroid dienone is 3. The summed E-state index contributed by atoms with van der Waals surface area (Å²) >= 11 is 0. The van der Waals surface area contributed by atoms with E-state index >= 15 is 0 Å². The summed E-state index contributed by atoms with van der Waals surface area (Å²) in [6.45, 7) is 3.67. The molecule has 2 aromatic carbocycles. The van der Waals surface area contributed by atoms with Gasteiger partial charge in [-0.25, -0.2) is 4.98 Å². The number of anilines is 1. The number of nitro groups is 1. The smallest absolute Gasteiger partial charge is 0.310 e. The first-order valence-corrected chi connectivity index (χ1v) is 13.3. The molecule has 1 aliphatic heterocycles. The number of para-hydroxylation sites is 2. The molecule has 1 aliphatic carbocycles. The Balaban J connectivity index is 1.56. The Hall–Kier alpha value is -4.99. The number of carbonyl (C=O) groups is 2. The lowest BCUT2D eigenvalue weighted by Crippen LogP contribution is -2.35. The first-order valence-electron chi connectivity index (χ1n) is 13.3. The molecule has 0 bridgehead atoms. The number of ether oxygens (including phenoxy) is 2. The number of aryl methyl sites for hydroxylation is 1. The van der Waals surface area contributed by atoms with Crippen molar-refractivity contribution in [2.45, 2.75) is 45.6 Å². The molecule has 2 heterocycles. The molecule has 2 aliphatic rings. The predicted molar refractivity (Wildman–Crippen MR) is 152 cm³/mol. The molecule has 0 spiro atoms. The minimum Gasteiger partial charge on any atom is -0.496 e. The highest BCUT2D eigenvalue weighted by molar-refractivity contribution is 6.09. The fraction of sp³-hybridized carbons (Fsp3) is 0.258. The second-order valence-electron chi connectivity index (χ2n) is 9.97. The molecule has 10 nitrogen and oxygen atoms in total. The predicted octanol–water partition coefficient (Wildman–Crippen LogP) is 5.49. The SMILES string of the molecule is COc1ccc(C2C(C(=O)Nc3ncccc3C)=C(C)NC3=C2C(=O)CCC3)cc1COc1ccccc1[N+](=O)[O-]. The maximum Gasteiger partial charge on any atom is 0.310 e. The first kappa shape index (κ1) is 27.6. The Morgan fingerprint density at radius 2 is 1.93 bits per heavy atom. The van der Waals surface area contributed by atoms with Gasteiger partial charge in [0.25, 0.3) is 5.91 Å². The van der Waals surface area contributed by atoms with Crippen LogP contribution in [-0.2, 0) is 16.2 Å². The van der Waals surface area contributed by atoms with Gasteiger partial charge in [-0.2, -0.15) is 0 Å². The number of hydrogen-bond acceptors (Lipinski definition) is 8. The number of benzene rings is 2. The van der Waals surface area contributed by atoms with Gasteiger partial charge in [0.1, 0.15) is 18.2 Å². The van der Waals surface area contributed by atoms with Crippen molar-refractivity contribution in [3.63, 3.8) is 0 Å². The van der Waals surface area contributed by atoms with Gasteiger partial charge in [-0.05, 0) is 62.1 Å². The number of aromatic nitrogens is 1. The van der Waals surface area contributed by atoms with Gasteiger partial charge in [-0.1, -0.05) is 24.3 Å². The van der Waals surface area contributed by atoms with Crippen molar-refractivity contribution in [1.29, 1.82) is 0 Å². The number of dihydropyridines is 1. The molecule has 0 saturated carbocycles. The van der Waals surface area contributed by atoms with E-state index in [0.29, 0.717) is 52.4 Å². The van der Waals surface area contributed by atoms with Crippen LogP contribution in [0.2, 0.25) is 0 Å². The van der Waals surface area contributed by atoms with E-state index < -0.39 is 10.8 Å². The van der Waals surface area contributed by atoms with Crippen LogP contribution in [0.25, 0.3) is 0 Å². The summed E-state index contributed by atoms with van der Waals surface area (Å²) in [4.78, 5) is 42.4. The number of amides is 1. The largest absolute Gasteiger partial charge is 0.496 e. The van der Waals surface area contributed by atoms with Crippen LogP contribution in [0.4, 0.5) is 11.5 Å². The molecule has 1 unspecified atom stereocenters. The van der Waals surface area contributed by atoms with E-state index in [4.69, 9.17) is 9.47 Å². The van der Waals surface area contributed by atoms with Crippen molar-refractivity contribution < 1.29 is 24.0 Å². The number of pyridine rings is 1. The van der Waals surface area contributed by atoms with Gasteiger partial charge < -0.3 is 20.1 Å². The summed E-state index contributed by atoms with van der Waals surface area (Å²) in [5, 5.41) is 17.7. The van der Waals surface area contributed by atoms with Crippen molar-refractivity contribution >= 4 is 23.2 Å². The van der Waals surface area contributed by atoms with Crippen molar-refractivity contribution in [3.8, 4) is 11.5 Å². The molecule has 1 atom stereocenters. The van der Waals surface area contributed by atoms with Gasteiger partial charge in [-0.3, -0.25) is 19.7 Å². The molecule has 210 valence electrons. The summed E-state index contributed by atoms with van der Waals surface area (Å²) in [5.41, 5.74) is 4.45. The highest BCUT2D eigenvalue weighted by Gasteiger charge is 2.39. The molecule has 0 fully saturated rings. The Kier molecular flexibility index (Phi) is 7.82. The molecule has 5 rings (SSSR count). The minimum absolute atomic E-state index is 0.0101. The van der Waals surface area contributed by atoms with Gasteiger partial charge >= 0.3 is 5.69 Å². The number of hydrogen-bond donors (Lipinski definition) is 2. The van der Waals surface area contributed by atoms with E-state index in [1.54, 1.807) is 30.5 Å². The van der Waals surface area contributed by atoms with Crippen LogP contribution in [0, 0.1) is 17.0 Å². The van der Waals surface area contributed by atoms with Crippen LogP contribution < -0.4 is 20.1 Å². The second-order valence-corrected chi connectivity index (χ2v) is 9.97. The van der Waals surface area contributed by atoms with Crippen molar-refractivity contribution in [3.05, 3.63) is 110 Å². The second kappa shape index (κ2) is 11.6. The fourth-order valence-electron chi connectivity index (χ4n) is 5.39. The highest BCUT2D eigenvalue weighted by atomic mass is 16.6. The summed E-state index contributed by atoms with van der Waals surface area (Å²) in [7, 11) is 1.53. The number of Topliss-reactive ketones (excluding diaryl/α,β-unsaturated/α-hetero) is 1. The quantitative estimate of drug-likeness (QED) is 0.276. The van der Waals surface area contributed by atoms with Gasteiger partial charge in [0.15, 0.2) is 11.5 Å². The van der Waals surface area contributed by atoms with Crippen LogP contribution in [-0.4, -0.2) is 28.7 Å². The number of nitrogens with one attached hydrogen (secondary N) is 2. The summed E-state index contributed by atoms with van der Waals surface area (Å²) in [5.74, 6) is 0.0739. The topological polar surface area (TPSA) is 133 Å². The molecule has 1 amide bonds. The standard InChI is InChI=1S/C31H30N4O6/c1-18-8-7-15-32-30(18)34-31(37)27-19(2)33-22-9-6-11-24(36)29(22)28(27)20-13-14-25(40-3)21(16-20)17-41-26-12-5-4-10-23(26)35(38)39/h4-5,7-8,10,12-16,28,33H,6,9,11,17H2,1-3H3,(H,32,34,37). The summed E-state index contributed by atoms with van der Waals surface area (Å²) < 4.78 is 11.4. The lowest BCUT2D eigenvalue weighted by atomic mass is 9.74. The van der Waals surface area contributed by atoms with E-state index in [1.165, 1.54) is 19.2 Å². The normalized spacial score (nSPS) is 16.6. The molecule has 2 N–H and O–H groups in total. The molecular weight excluding hydrogens is 524 g/mol. The Morgan fingerprint density at radius 1 is 1.12 bits per heavy atom. The average molecular weight is 555 g/mol. The third-order valence-corrected chi connectivity index (χ3v) is 7.34. The van der Waals surface area contributed by atoms with E-state index in [1.807, 2.05) is 32.0 Å². The summed E-state index contributed by atoms with van der Waals surface area (Å²) in [6, 6.07) is 15.2. The maximum absolute atomic E-state index is 13.8. The molecule has 0 radical (unpaired) electrons. The Labute approximate surface area is 237 Å². The number of ketones is 1. The van der Waals surface area contributed by atoms with E-state index in [2.05, 4.69) is 15.6 Å². The number of carbonyl (C=O) groups excluding carboxylic acids is 2. The molecule has 0 saturated heterocycles. The molecule has 3 aromatic rings. The third kappa shape index (κ3) is 5.54. The van der Waals surface area contributed by atoms with Gasteiger partial charge in [0.05, 0.1) is 12.0 Å². The van der Waals surface area contributed by atoms with E-state index in [0.717, 1.165) is 17.7 Å². The van der Waals surface area contributed by atoms with Crippen molar-refractivity contribution in [1.82, 2.24) is 10.3 Å². The average Bonchev–Trinajstić information content (AvgIpc) is 2.96. The lowest BCUT2D eigenvalue weighted by Gasteiger charge is -2.34. The van der Waals surface area contributed by atoms with Crippen LogP contribution in [0.3, 0.4) is 0 Å². The van der Waals surface area contributed by atoms with Gasteiger partial charge in [-0.15, -0.1) is 0 Å². The zero-order valence-electron chi connectivity index (χ0n) is 23.0. The molecule has 10 heteroatoms. The monoisotopic (exact) mass is 554 g/mol. The number of nitrogens with zero attached hydrogens (tertiary/aromatic N) is 2. The van der Waals surface area contributed by atoms with Crippen LogP contribution in [0.15, 0.2) is 83.3 Å². The fourth-order valence-corrected chi connectivity index (χ4v) is 5.39. The zero-order chi connectivity index (χ0) is 29.1. The van der Waals surface area contributed by atoms with Crippen LogP contribution in [0.5, 0.6) is 11.5 Å². The maximum atomic E-state index is 13.8. The zero-order valence-corrected chi connectivity index (χ0v) is 23.0. The van der Waals surface area contributed by atoms with Gasteiger partial charge in [0.2, 0.25) is 0 Å². The number of nitro benzene ring substituents is 1. The number of rotatable bonds is 8. The Morgan fingerprint density at radius 3 is 2.68 bits per heavy atom. The highest BCUT2D eigenvalue weighted by Crippen LogP contribution is 2.43. The van der Waals surface area contributed by atoms with Crippen LogP contribution >= 0.6 is 0 Å². The van der Waals surface area contributed by atoms with Crippen LogP contribution in [0.1, 0.15) is 48.8 Å². The summed E-state index contributed by atoms with van der Waals surface area (Å²) in [6.07, 6.45) is 3.44. The third-order valence-electron chi connectivity index (χ3n) is 7.34. The first-order chi connectivity index (χ1) is 19.8. The minimum atomic E-state index is -0.640. The van der Waals surface area contributed by atoms with Crippen molar-refractivity contribution in [2.75, 3.05) is 12.4 Å². The molecular formula is C31H30N4O6.